The lowest BCUT2D eigenvalue weighted by molar-refractivity contribution is -0.153. The highest BCUT2D eigenvalue weighted by atomic mass is 16.5. The Bertz CT molecular complexity index is 536. The lowest BCUT2D eigenvalue weighted by atomic mass is 9.92. The fraction of sp³-hybridized carbons (Fsp3) is 0.467. The molecule has 1 aromatic rings. The molecule has 2 aliphatic heterocycles. The molecule has 0 saturated carbocycles. The van der Waals surface area contributed by atoms with Crippen LogP contribution in [0.4, 0.5) is 0 Å². The first-order valence-corrected chi connectivity index (χ1v) is 6.84. The van der Waals surface area contributed by atoms with Crippen molar-refractivity contribution in [2.75, 3.05) is 13.2 Å². The molecule has 5 nitrogen and oxygen atoms in total. The van der Waals surface area contributed by atoms with Crippen molar-refractivity contribution in [1.29, 1.82) is 0 Å². The van der Waals surface area contributed by atoms with E-state index in [1.54, 1.807) is 0 Å². The molecule has 106 valence electrons. The van der Waals surface area contributed by atoms with E-state index >= 15 is 0 Å². The quantitative estimate of drug-likeness (QED) is 0.876. The van der Waals surface area contributed by atoms with Crippen LogP contribution in [0.1, 0.15) is 17.5 Å². The lowest BCUT2D eigenvalue weighted by Gasteiger charge is -2.35. The van der Waals surface area contributed by atoms with Crippen LogP contribution >= 0.6 is 0 Å². The average molecular weight is 275 g/mol. The molecule has 1 saturated heterocycles. The summed E-state index contributed by atoms with van der Waals surface area (Å²) < 4.78 is 5.24. The molecular formula is C15H17NO4. The topological polar surface area (TPSA) is 66.8 Å². The van der Waals surface area contributed by atoms with Gasteiger partial charge in [-0.2, -0.15) is 0 Å². The number of aliphatic carboxylic acids is 1. The van der Waals surface area contributed by atoms with Crippen molar-refractivity contribution < 1.29 is 19.4 Å². The second kappa shape index (κ2) is 5.25. The monoisotopic (exact) mass is 275 g/mol. The van der Waals surface area contributed by atoms with Crippen molar-refractivity contribution in [3.05, 3.63) is 35.4 Å². The van der Waals surface area contributed by atoms with Gasteiger partial charge in [0.05, 0.1) is 12.5 Å². The fourth-order valence-corrected chi connectivity index (χ4v) is 2.94. The average Bonchev–Trinajstić information content (AvgIpc) is 2.99. The van der Waals surface area contributed by atoms with E-state index in [0.717, 1.165) is 11.1 Å². The zero-order valence-electron chi connectivity index (χ0n) is 11.1. The third-order valence-electron chi connectivity index (χ3n) is 4.10. The minimum absolute atomic E-state index is 0.0931. The van der Waals surface area contributed by atoms with Crippen molar-refractivity contribution in [2.24, 2.45) is 5.92 Å². The summed E-state index contributed by atoms with van der Waals surface area (Å²) >= 11 is 0. The van der Waals surface area contributed by atoms with Gasteiger partial charge in [-0.05, 0) is 17.5 Å². The second-order valence-electron chi connectivity index (χ2n) is 5.35. The van der Waals surface area contributed by atoms with Crippen molar-refractivity contribution in [3.8, 4) is 0 Å². The van der Waals surface area contributed by atoms with Gasteiger partial charge in [0.25, 0.3) is 0 Å². The number of hydrogen-bond donors (Lipinski definition) is 1. The number of carbonyl (C=O) groups is 2. The van der Waals surface area contributed by atoms with Crippen LogP contribution in [0.15, 0.2) is 24.3 Å². The third kappa shape index (κ3) is 2.29. The van der Waals surface area contributed by atoms with Crippen molar-refractivity contribution in [2.45, 2.75) is 25.4 Å². The van der Waals surface area contributed by atoms with Gasteiger partial charge in [-0.3, -0.25) is 4.79 Å². The van der Waals surface area contributed by atoms with Crippen LogP contribution in [-0.4, -0.2) is 41.1 Å². The number of benzene rings is 1. The molecule has 0 unspecified atom stereocenters. The Labute approximate surface area is 117 Å². The summed E-state index contributed by atoms with van der Waals surface area (Å²) in [6, 6.07) is 6.95. The van der Waals surface area contributed by atoms with E-state index in [9.17, 15) is 14.7 Å². The van der Waals surface area contributed by atoms with Crippen LogP contribution in [0, 0.1) is 5.92 Å². The van der Waals surface area contributed by atoms with E-state index in [2.05, 4.69) is 0 Å². The highest BCUT2D eigenvalue weighted by Crippen LogP contribution is 2.26. The Morgan fingerprint density at radius 3 is 2.65 bits per heavy atom. The van der Waals surface area contributed by atoms with E-state index < -0.39 is 12.0 Å². The van der Waals surface area contributed by atoms with Crippen LogP contribution in [0.25, 0.3) is 0 Å². The van der Waals surface area contributed by atoms with Gasteiger partial charge in [-0.1, -0.05) is 24.3 Å². The maximum atomic E-state index is 12.5. The Morgan fingerprint density at radius 2 is 2.00 bits per heavy atom. The number of rotatable bonds is 2. The Kier molecular flexibility index (Phi) is 3.44. The predicted octanol–water partition coefficient (Wildman–Crippen LogP) is 1.06. The van der Waals surface area contributed by atoms with Crippen LogP contribution < -0.4 is 0 Å². The zero-order valence-corrected chi connectivity index (χ0v) is 11.1. The molecule has 1 aromatic carbocycles. The van der Waals surface area contributed by atoms with E-state index in [1.807, 2.05) is 24.3 Å². The summed E-state index contributed by atoms with van der Waals surface area (Å²) in [5.41, 5.74) is 2.06. The smallest absolute Gasteiger partial charge is 0.326 e. The van der Waals surface area contributed by atoms with E-state index in [1.165, 1.54) is 4.90 Å². The van der Waals surface area contributed by atoms with Gasteiger partial charge in [0.15, 0.2) is 0 Å². The molecular weight excluding hydrogens is 258 g/mol. The molecule has 5 heteroatoms. The normalized spacial score (nSPS) is 25.3. The highest BCUT2D eigenvalue weighted by Gasteiger charge is 2.38. The summed E-state index contributed by atoms with van der Waals surface area (Å²) in [5.74, 6) is -1.22. The van der Waals surface area contributed by atoms with Gasteiger partial charge >= 0.3 is 5.97 Å². The minimum atomic E-state index is -0.938. The van der Waals surface area contributed by atoms with Crippen LogP contribution in [0.3, 0.4) is 0 Å². The first kappa shape index (κ1) is 13.1. The van der Waals surface area contributed by atoms with E-state index in [0.29, 0.717) is 32.6 Å². The first-order chi connectivity index (χ1) is 9.66. The van der Waals surface area contributed by atoms with Crippen molar-refractivity contribution >= 4 is 11.9 Å². The molecule has 3 rings (SSSR count). The number of carbonyl (C=O) groups excluding carboxylic acids is 1. The highest BCUT2D eigenvalue weighted by molar-refractivity contribution is 5.86. The fourth-order valence-electron chi connectivity index (χ4n) is 2.94. The Balaban J connectivity index is 1.88. The van der Waals surface area contributed by atoms with Crippen LogP contribution in [-0.2, 0) is 27.3 Å². The number of carboxylic acids is 1. The maximum Gasteiger partial charge on any atom is 0.326 e. The maximum absolute atomic E-state index is 12.5. The van der Waals surface area contributed by atoms with E-state index in [4.69, 9.17) is 4.74 Å². The summed E-state index contributed by atoms with van der Waals surface area (Å²) in [5, 5.41) is 9.40. The van der Waals surface area contributed by atoms with Gasteiger partial charge in [0, 0.05) is 19.6 Å². The first-order valence-electron chi connectivity index (χ1n) is 6.84. The number of ether oxygens (including phenoxy) is 1. The number of nitrogens with zero attached hydrogens (tertiary/aromatic N) is 1. The number of hydrogen-bond acceptors (Lipinski definition) is 3. The molecule has 0 bridgehead atoms. The van der Waals surface area contributed by atoms with Gasteiger partial charge in [-0.15, -0.1) is 0 Å². The Morgan fingerprint density at radius 1 is 1.25 bits per heavy atom. The zero-order chi connectivity index (χ0) is 14.1. The second-order valence-corrected chi connectivity index (χ2v) is 5.35. The molecule has 1 fully saturated rings. The molecule has 2 atom stereocenters. The number of fused-ring (bicyclic) bond motifs is 1. The standard InChI is InChI=1S/C15H17NO4/c17-14(12-5-6-20-9-12)16-8-11-4-2-1-3-10(11)7-13(16)15(18)19/h1-4,12-13H,5-9H2,(H,18,19)/t12-,13-/m0/s1. The molecule has 1 amide bonds. The van der Waals surface area contributed by atoms with Crippen LogP contribution in [0.2, 0.25) is 0 Å². The molecule has 0 radical (unpaired) electrons. The molecule has 2 aliphatic rings. The van der Waals surface area contributed by atoms with Crippen molar-refractivity contribution in [1.82, 2.24) is 4.90 Å². The largest absolute Gasteiger partial charge is 0.480 e. The summed E-state index contributed by atoms with van der Waals surface area (Å²) in [7, 11) is 0. The molecule has 0 aliphatic carbocycles. The van der Waals surface area contributed by atoms with E-state index in [-0.39, 0.29) is 11.8 Å². The lowest BCUT2D eigenvalue weighted by Crippen LogP contribution is -2.50. The molecule has 0 spiro atoms. The summed E-state index contributed by atoms with van der Waals surface area (Å²) in [6.45, 7) is 1.37. The number of amides is 1. The molecule has 1 N–H and O–H groups in total. The third-order valence-corrected chi connectivity index (χ3v) is 4.10. The van der Waals surface area contributed by atoms with Gasteiger partial charge in [-0.25, -0.2) is 4.79 Å². The minimum Gasteiger partial charge on any atom is -0.480 e. The summed E-state index contributed by atoms with van der Waals surface area (Å²) in [6.07, 6.45) is 1.06. The molecule has 0 aromatic heterocycles. The van der Waals surface area contributed by atoms with Gasteiger partial charge < -0.3 is 14.7 Å². The summed E-state index contributed by atoms with van der Waals surface area (Å²) in [4.78, 5) is 25.5. The predicted molar refractivity (Wildman–Crippen MR) is 71.0 cm³/mol. The van der Waals surface area contributed by atoms with Crippen molar-refractivity contribution in [3.63, 3.8) is 0 Å². The van der Waals surface area contributed by atoms with Gasteiger partial charge in [0.2, 0.25) is 5.91 Å². The molecule has 20 heavy (non-hydrogen) atoms. The SMILES string of the molecule is O=C(O)[C@@H]1Cc2ccccc2CN1C(=O)[C@H]1CCOC1. The van der Waals surface area contributed by atoms with Gasteiger partial charge in [0.1, 0.15) is 6.04 Å². The van der Waals surface area contributed by atoms with Crippen LogP contribution in [0.5, 0.6) is 0 Å². The Hall–Kier alpha value is -1.88. The molecule has 2 heterocycles. The number of carboxylic acid groups (broad SMARTS) is 1.